The van der Waals surface area contributed by atoms with Crippen LogP contribution in [0.4, 0.5) is 0 Å². The first-order valence-electron chi connectivity index (χ1n) is 6.45. The zero-order valence-corrected chi connectivity index (χ0v) is 12.5. The van der Waals surface area contributed by atoms with Gasteiger partial charge in [0.2, 0.25) is 0 Å². The smallest absolute Gasteiger partial charge is 0.271 e. The van der Waals surface area contributed by atoms with E-state index in [1.54, 1.807) is 42.5 Å². The molecule has 0 aromatic heterocycles. The van der Waals surface area contributed by atoms with Crippen molar-refractivity contribution in [3.63, 3.8) is 0 Å². The second-order valence-electron chi connectivity index (χ2n) is 4.39. The summed E-state index contributed by atoms with van der Waals surface area (Å²) in [5.41, 5.74) is 3.83. The van der Waals surface area contributed by atoms with Gasteiger partial charge in [-0.15, -0.1) is 0 Å². The van der Waals surface area contributed by atoms with E-state index in [1.807, 2.05) is 6.07 Å². The van der Waals surface area contributed by atoms with E-state index in [-0.39, 0.29) is 5.71 Å². The lowest BCUT2D eigenvalue weighted by atomic mass is 10.1. The van der Waals surface area contributed by atoms with E-state index in [0.29, 0.717) is 21.7 Å². The Morgan fingerprint density at radius 3 is 2.65 bits per heavy atom. The second kappa shape index (κ2) is 7.73. The van der Waals surface area contributed by atoms with Gasteiger partial charge in [-0.3, -0.25) is 4.79 Å². The number of hydrogen-bond donors (Lipinski definition) is 2. The van der Waals surface area contributed by atoms with Crippen LogP contribution in [0.15, 0.2) is 58.8 Å². The van der Waals surface area contributed by atoms with Crippen LogP contribution in [0.3, 0.4) is 0 Å². The average molecular weight is 327 g/mol. The van der Waals surface area contributed by atoms with Crippen molar-refractivity contribution in [2.24, 2.45) is 10.3 Å². The fourth-order valence-corrected chi connectivity index (χ4v) is 1.97. The van der Waals surface area contributed by atoms with Gasteiger partial charge in [-0.05, 0) is 30.3 Å². The van der Waals surface area contributed by atoms with Gasteiger partial charge in [0, 0.05) is 16.1 Å². The molecule has 0 atom stereocenters. The number of nitriles is 1. The SMILES string of the molecule is N#Cc1cccc(C(/C=N/O)=N/NC(=O)c2cccc(Cl)c2)c1. The summed E-state index contributed by atoms with van der Waals surface area (Å²) < 4.78 is 0. The zero-order chi connectivity index (χ0) is 16.7. The molecule has 2 aromatic rings. The lowest BCUT2D eigenvalue weighted by molar-refractivity contribution is 0.0955. The number of nitrogens with one attached hydrogen (secondary N) is 1. The van der Waals surface area contributed by atoms with Crippen molar-refractivity contribution in [2.75, 3.05) is 0 Å². The molecule has 1 amide bonds. The monoisotopic (exact) mass is 326 g/mol. The van der Waals surface area contributed by atoms with Crippen LogP contribution in [0.2, 0.25) is 5.02 Å². The van der Waals surface area contributed by atoms with Crippen molar-refractivity contribution in [3.8, 4) is 6.07 Å². The molecular weight excluding hydrogens is 316 g/mol. The van der Waals surface area contributed by atoms with Crippen LogP contribution in [-0.2, 0) is 0 Å². The van der Waals surface area contributed by atoms with E-state index in [2.05, 4.69) is 15.7 Å². The van der Waals surface area contributed by atoms with Gasteiger partial charge in [0.25, 0.3) is 5.91 Å². The number of hydrogen-bond acceptors (Lipinski definition) is 5. The standard InChI is InChI=1S/C16H11ClN4O2/c17-14-6-2-5-13(8-14)16(22)21-20-15(10-19-23)12-4-1-3-11(7-12)9-18/h1-8,10,23H,(H,21,22)/b19-10+,20-15+. The summed E-state index contributed by atoms with van der Waals surface area (Å²) in [7, 11) is 0. The number of carbonyl (C=O) groups excluding carboxylic acids is 1. The first-order valence-corrected chi connectivity index (χ1v) is 6.83. The first-order chi connectivity index (χ1) is 11.1. The van der Waals surface area contributed by atoms with E-state index >= 15 is 0 Å². The summed E-state index contributed by atoms with van der Waals surface area (Å²) in [4.78, 5) is 12.0. The first kappa shape index (κ1) is 16.2. The van der Waals surface area contributed by atoms with Crippen LogP contribution in [0.25, 0.3) is 0 Å². The summed E-state index contributed by atoms with van der Waals surface area (Å²) in [6.45, 7) is 0. The Morgan fingerprint density at radius 1 is 1.22 bits per heavy atom. The van der Waals surface area contributed by atoms with E-state index in [4.69, 9.17) is 22.1 Å². The maximum absolute atomic E-state index is 12.0. The van der Waals surface area contributed by atoms with Gasteiger partial charge in [0.15, 0.2) is 0 Å². The largest absolute Gasteiger partial charge is 0.411 e. The lowest BCUT2D eigenvalue weighted by Gasteiger charge is -2.04. The minimum absolute atomic E-state index is 0.194. The number of benzene rings is 2. The molecule has 0 aliphatic rings. The number of oxime groups is 1. The highest BCUT2D eigenvalue weighted by atomic mass is 35.5. The van der Waals surface area contributed by atoms with Gasteiger partial charge in [-0.25, -0.2) is 5.43 Å². The predicted molar refractivity (Wildman–Crippen MR) is 86.9 cm³/mol. The minimum Gasteiger partial charge on any atom is -0.411 e. The van der Waals surface area contributed by atoms with Crippen molar-refractivity contribution >= 4 is 29.4 Å². The normalized spacial score (nSPS) is 11.2. The van der Waals surface area contributed by atoms with Crippen LogP contribution in [-0.4, -0.2) is 23.0 Å². The molecule has 2 N–H and O–H groups in total. The second-order valence-corrected chi connectivity index (χ2v) is 4.82. The van der Waals surface area contributed by atoms with E-state index in [1.165, 1.54) is 6.07 Å². The molecule has 0 unspecified atom stereocenters. The quantitative estimate of drug-likeness (QED) is 0.513. The van der Waals surface area contributed by atoms with Gasteiger partial charge >= 0.3 is 0 Å². The maximum Gasteiger partial charge on any atom is 0.271 e. The number of hydrazone groups is 1. The molecule has 114 valence electrons. The molecule has 0 heterocycles. The van der Waals surface area contributed by atoms with E-state index in [9.17, 15) is 4.79 Å². The topological polar surface area (TPSA) is 97.8 Å². The minimum atomic E-state index is -0.465. The zero-order valence-electron chi connectivity index (χ0n) is 11.8. The fraction of sp³-hybridized carbons (Fsp3) is 0. The molecule has 0 aliphatic carbocycles. The molecule has 0 fully saturated rings. The van der Waals surface area contributed by atoms with Gasteiger partial charge in [0.05, 0.1) is 17.8 Å². The van der Waals surface area contributed by atoms with Crippen LogP contribution in [0, 0.1) is 11.3 Å². The van der Waals surface area contributed by atoms with Crippen molar-refractivity contribution in [1.29, 1.82) is 5.26 Å². The predicted octanol–water partition coefficient (Wildman–Crippen LogP) is 2.81. The Labute approximate surface area is 137 Å². The van der Waals surface area contributed by atoms with Gasteiger partial charge in [-0.1, -0.05) is 35.0 Å². The number of halogens is 1. The molecule has 23 heavy (non-hydrogen) atoms. The molecule has 0 bridgehead atoms. The Kier molecular flexibility index (Phi) is 5.45. The summed E-state index contributed by atoms with van der Waals surface area (Å²) in [6, 6.07) is 14.9. The molecule has 2 aromatic carbocycles. The molecule has 6 nitrogen and oxygen atoms in total. The number of nitrogens with zero attached hydrogens (tertiary/aromatic N) is 3. The van der Waals surface area contributed by atoms with Crippen molar-refractivity contribution in [3.05, 3.63) is 70.2 Å². The number of carbonyl (C=O) groups is 1. The molecule has 0 saturated heterocycles. The third kappa shape index (κ3) is 4.40. The lowest BCUT2D eigenvalue weighted by Crippen LogP contribution is -2.20. The van der Waals surface area contributed by atoms with Crippen LogP contribution in [0.1, 0.15) is 21.5 Å². The summed E-state index contributed by atoms with van der Waals surface area (Å²) >= 11 is 5.83. The highest BCUT2D eigenvalue weighted by Crippen LogP contribution is 2.10. The third-order valence-corrected chi connectivity index (χ3v) is 3.07. The molecule has 0 saturated carbocycles. The van der Waals surface area contributed by atoms with Crippen molar-refractivity contribution in [2.45, 2.75) is 0 Å². The maximum atomic E-state index is 12.0. The van der Waals surface area contributed by atoms with E-state index in [0.717, 1.165) is 6.21 Å². The molecule has 0 spiro atoms. The Morgan fingerprint density at radius 2 is 1.96 bits per heavy atom. The molecule has 0 radical (unpaired) electrons. The van der Waals surface area contributed by atoms with Crippen molar-refractivity contribution < 1.29 is 10.0 Å². The van der Waals surface area contributed by atoms with Crippen LogP contribution < -0.4 is 5.43 Å². The van der Waals surface area contributed by atoms with Crippen molar-refractivity contribution in [1.82, 2.24) is 5.43 Å². The van der Waals surface area contributed by atoms with E-state index < -0.39 is 5.91 Å². The highest BCUT2D eigenvalue weighted by molar-refractivity contribution is 6.38. The van der Waals surface area contributed by atoms with Gasteiger partial charge in [0.1, 0.15) is 5.71 Å². The number of amides is 1. The third-order valence-electron chi connectivity index (χ3n) is 2.83. The molecule has 2 rings (SSSR count). The fourth-order valence-electron chi connectivity index (χ4n) is 1.78. The van der Waals surface area contributed by atoms with Gasteiger partial charge < -0.3 is 5.21 Å². The summed E-state index contributed by atoms with van der Waals surface area (Å²) in [5, 5.41) is 24.9. The highest BCUT2D eigenvalue weighted by Gasteiger charge is 2.07. The molecule has 0 aliphatic heterocycles. The number of rotatable bonds is 4. The van der Waals surface area contributed by atoms with Crippen LogP contribution >= 0.6 is 11.6 Å². The summed E-state index contributed by atoms with van der Waals surface area (Å²) in [6.07, 6.45) is 1.06. The Hall–Kier alpha value is -3.17. The molecular formula is C16H11ClN4O2. The van der Waals surface area contributed by atoms with Gasteiger partial charge in [-0.2, -0.15) is 10.4 Å². The average Bonchev–Trinajstić information content (AvgIpc) is 2.58. The summed E-state index contributed by atoms with van der Waals surface area (Å²) in [5.74, 6) is -0.465. The van der Waals surface area contributed by atoms with Crippen LogP contribution in [0.5, 0.6) is 0 Å². The Bertz CT molecular complexity index is 825. The Balaban J connectivity index is 2.25. The molecule has 7 heteroatoms.